The summed E-state index contributed by atoms with van der Waals surface area (Å²) in [5.74, 6) is 1.07. The summed E-state index contributed by atoms with van der Waals surface area (Å²) >= 11 is 13.2. The van der Waals surface area contributed by atoms with Gasteiger partial charge >= 0.3 is 6.18 Å². The van der Waals surface area contributed by atoms with Gasteiger partial charge in [0.2, 0.25) is 6.20 Å². The molecule has 0 radical (unpaired) electrons. The molecule has 2 rings (SSSR count). The van der Waals surface area contributed by atoms with Crippen LogP contribution in [0.3, 0.4) is 0 Å². The van der Waals surface area contributed by atoms with Gasteiger partial charge in [-0.25, -0.2) is 4.68 Å². The van der Waals surface area contributed by atoms with Gasteiger partial charge in [0, 0.05) is 25.5 Å². The Morgan fingerprint density at radius 1 is 1.43 bits per heavy atom. The number of rotatable bonds is 9. The molecule has 11 heteroatoms. The lowest BCUT2D eigenvalue weighted by atomic mass is 10.3. The number of nitrogens with zero attached hydrogens (tertiary/aromatic N) is 4. The second kappa shape index (κ2) is 10.3. The molecule has 0 bridgehead atoms. The molecular weight excluding hydrogens is 433 g/mol. The Bertz CT molecular complexity index is 801. The molecule has 0 saturated heterocycles. The summed E-state index contributed by atoms with van der Waals surface area (Å²) in [6.07, 6.45) is 0.235. The Morgan fingerprint density at radius 2 is 2.18 bits per heavy atom. The first-order chi connectivity index (χ1) is 13.2. The Balaban J connectivity index is 1.94. The zero-order valence-electron chi connectivity index (χ0n) is 15.2. The Hall–Kier alpha value is -1.52. The Kier molecular flexibility index (Phi) is 8.38. The van der Waals surface area contributed by atoms with Crippen molar-refractivity contribution in [1.29, 1.82) is 0 Å². The zero-order valence-corrected chi connectivity index (χ0v) is 17.5. The van der Waals surface area contributed by atoms with Crippen LogP contribution in [0.4, 0.5) is 18.9 Å². The highest BCUT2D eigenvalue weighted by Gasteiger charge is 2.25. The van der Waals surface area contributed by atoms with E-state index in [1.54, 1.807) is 18.3 Å². The predicted octanol–water partition coefficient (Wildman–Crippen LogP) is 4.78. The molecule has 2 aromatic heterocycles. The van der Waals surface area contributed by atoms with Crippen LogP contribution >= 0.6 is 35.6 Å². The van der Waals surface area contributed by atoms with E-state index in [0.29, 0.717) is 45.6 Å². The monoisotopic (exact) mass is 452 g/mol. The molecule has 0 atom stereocenters. The van der Waals surface area contributed by atoms with E-state index in [-0.39, 0.29) is 11.6 Å². The Labute approximate surface area is 176 Å². The zero-order chi connectivity index (χ0) is 20.7. The fourth-order valence-electron chi connectivity index (χ4n) is 2.49. The molecule has 5 nitrogen and oxygen atoms in total. The van der Waals surface area contributed by atoms with E-state index in [1.165, 1.54) is 28.8 Å². The van der Waals surface area contributed by atoms with E-state index >= 15 is 0 Å². The molecule has 2 heterocycles. The fourth-order valence-corrected chi connectivity index (χ4v) is 4.07. The smallest absolute Gasteiger partial charge is 0.389 e. The maximum absolute atomic E-state index is 12.1. The molecule has 28 heavy (non-hydrogen) atoms. The summed E-state index contributed by atoms with van der Waals surface area (Å²) in [5, 5.41) is 15.9. The summed E-state index contributed by atoms with van der Waals surface area (Å²) < 4.78 is 38.6. The number of aromatic nitrogens is 3. The lowest BCUT2D eigenvalue weighted by molar-refractivity contribution is -0.605. The summed E-state index contributed by atoms with van der Waals surface area (Å²) in [5.41, 5.74) is 1.19. The highest BCUT2D eigenvalue weighted by atomic mass is 35.5. The van der Waals surface area contributed by atoms with Gasteiger partial charge in [0.25, 0.3) is 0 Å². The third-order valence-corrected chi connectivity index (χ3v) is 5.56. The molecule has 0 saturated carbocycles. The topological polar surface area (TPSA) is 48.0 Å². The molecule has 0 amide bonds. The lowest BCUT2D eigenvalue weighted by Crippen LogP contribution is -2.29. The quantitative estimate of drug-likeness (QED) is 0.237. The summed E-state index contributed by atoms with van der Waals surface area (Å²) in [6, 6.07) is 3.34. The summed E-state index contributed by atoms with van der Waals surface area (Å²) in [7, 11) is 0. The standard InChI is InChI=1S/C17H20ClF3N4OS2/c1-2-24(15(27)6-10-28-9-4-7-17(19,20)21)14-12-25(22-16(14)18)13-5-3-8-23(26)11-13/h3,5,8,11-12H,2,4,6-7,9-10H2,1H3. The van der Waals surface area contributed by atoms with Gasteiger partial charge in [0.05, 0.1) is 16.9 Å². The molecule has 0 fully saturated rings. The minimum atomic E-state index is -4.10. The molecule has 0 N–H and O–H groups in total. The summed E-state index contributed by atoms with van der Waals surface area (Å²) in [4.78, 5) is 2.48. The molecule has 154 valence electrons. The lowest BCUT2D eigenvalue weighted by Gasteiger charge is -2.22. The van der Waals surface area contributed by atoms with E-state index in [1.807, 2.05) is 11.8 Å². The molecule has 0 aliphatic heterocycles. The van der Waals surface area contributed by atoms with Gasteiger partial charge in [-0.2, -0.15) is 34.8 Å². The first-order valence-electron chi connectivity index (χ1n) is 8.60. The van der Waals surface area contributed by atoms with Gasteiger partial charge < -0.3 is 10.1 Å². The number of alkyl halides is 3. The number of pyridine rings is 1. The van der Waals surface area contributed by atoms with E-state index < -0.39 is 12.6 Å². The van der Waals surface area contributed by atoms with Crippen LogP contribution in [-0.4, -0.2) is 39.0 Å². The number of hydrogen-bond donors (Lipinski definition) is 0. The maximum atomic E-state index is 12.1. The van der Waals surface area contributed by atoms with Gasteiger partial charge in [0.1, 0.15) is 5.69 Å². The van der Waals surface area contributed by atoms with Crippen molar-refractivity contribution in [2.45, 2.75) is 32.4 Å². The van der Waals surface area contributed by atoms with Gasteiger partial charge in [-0.1, -0.05) is 23.8 Å². The van der Waals surface area contributed by atoms with E-state index in [9.17, 15) is 18.4 Å². The molecule has 0 spiro atoms. The highest BCUT2D eigenvalue weighted by Crippen LogP contribution is 2.27. The fraction of sp³-hybridized carbons (Fsp3) is 0.471. The van der Waals surface area contributed by atoms with Crippen LogP contribution in [0.25, 0.3) is 5.69 Å². The van der Waals surface area contributed by atoms with Crippen molar-refractivity contribution in [3.8, 4) is 5.69 Å². The molecule has 0 aliphatic rings. The van der Waals surface area contributed by atoms with Crippen LogP contribution in [0.15, 0.2) is 30.7 Å². The van der Waals surface area contributed by atoms with E-state index in [4.69, 9.17) is 23.8 Å². The van der Waals surface area contributed by atoms with E-state index in [2.05, 4.69) is 5.10 Å². The summed E-state index contributed by atoms with van der Waals surface area (Å²) in [6.45, 7) is 2.49. The first kappa shape index (κ1) is 22.8. The molecule has 2 aromatic rings. The van der Waals surface area contributed by atoms with Crippen LogP contribution in [0.5, 0.6) is 0 Å². The molecule has 0 aliphatic carbocycles. The largest absolute Gasteiger partial charge is 0.619 e. The number of hydrogen-bond acceptors (Lipinski definition) is 4. The second-order valence-corrected chi connectivity index (χ2v) is 7.94. The van der Waals surface area contributed by atoms with Crippen LogP contribution in [0.1, 0.15) is 26.2 Å². The highest BCUT2D eigenvalue weighted by molar-refractivity contribution is 7.99. The van der Waals surface area contributed by atoms with Crippen LogP contribution in [0.2, 0.25) is 5.15 Å². The van der Waals surface area contributed by atoms with Crippen LogP contribution in [-0.2, 0) is 0 Å². The van der Waals surface area contributed by atoms with E-state index in [0.717, 1.165) is 0 Å². The Morgan fingerprint density at radius 3 is 2.82 bits per heavy atom. The van der Waals surface area contributed by atoms with Crippen molar-refractivity contribution < 1.29 is 17.9 Å². The van der Waals surface area contributed by atoms with Crippen molar-refractivity contribution in [3.63, 3.8) is 0 Å². The number of halogens is 4. The average Bonchev–Trinajstić information content (AvgIpc) is 2.99. The van der Waals surface area contributed by atoms with Crippen molar-refractivity contribution >= 4 is 46.3 Å². The van der Waals surface area contributed by atoms with Gasteiger partial charge in [0.15, 0.2) is 11.3 Å². The van der Waals surface area contributed by atoms with Gasteiger partial charge in [-0.15, -0.1) is 0 Å². The number of anilines is 1. The SMILES string of the molecule is CCN(C(=S)CCSCCCC(F)(F)F)c1cn(-c2ccc[n+]([O-])c2)nc1Cl. The average molecular weight is 453 g/mol. The van der Waals surface area contributed by atoms with Crippen molar-refractivity contribution in [2.75, 3.05) is 23.0 Å². The predicted molar refractivity (Wildman–Crippen MR) is 110 cm³/mol. The van der Waals surface area contributed by atoms with Crippen molar-refractivity contribution in [2.24, 2.45) is 0 Å². The van der Waals surface area contributed by atoms with Gasteiger partial charge in [-0.05, 0) is 30.9 Å². The number of thiocarbonyl (C=S) groups is 1. The third kappa shape index (κ3) is 6.82. The number of thioether (sulfide) groups is 1. The minimum Gasteiger partial charge on any atom is -0.619 e. The molecular formula is C17H20ClF3N4OS2. The molecule has 0 aromatic carbocycles. The second-order valence-electron chi connectivity index (χ2n) is 5.89. The minimum absolute atomic E-state index is 0.105. The van der Waals surface area contributed by atoms with Crippen molar-refractivity contribution in [3.05, 3.63) is 41.1 Å². The normalized spacial score (nSPS) is 11.6. The third-order valence-electron chi connectivity index (χ3n) is 3.79. The maximum Gasteiger partial charge on any atom is 0.389 e. The van der Waals surface area contributed by atoms with Gasteiger partial charge in [-0.3, -0.25) is 0 Å². The van der Waals surface area contributed by atoms with Crippen LogP contribution < -0.4 is 9.63 Å². The van der Waals surface area contributed by atoms with Crippen molar-refractivity contribution in [1.82, 2.24) is 9.78 Å². The van der Waals surface area contributed by atoms with Crippen LogP contribution in [0, 0.1) is 5.21 Å². The first-order valence-corrected chi connectivity index (χ1v) is 10.5. The molecule has 0 unspecified atom stereocenters.